The number of imidazole rings is 1. The van der Waals surface area contributed by atoms with Gasteiger partial charge in [-0.05, 0) is 64.7 Å². The van der Waals surface area contributed by atoms with E-state index in [1.54, 1.807) is 4.90 Å². The maximum absolute atomic E-state index is 12.4. The van der Waals surface area contributed by atoms with Crippen LogP contribution in [0.1, 0.15) is 63.5 Å². The number of carboxylic acid groups (broad SMARTS) is 1. The summed E-state index contributed by atoms with van der Waals surface area (Å²) in [6.07, 6.45) is 2.17. The van der Waals surface area contributed by atoms with Gasteiger partial charge in [0.15, 0.2) is 0 Å². The SMILES string of the molecule is Cc1nc2ccccc2n1C1CC2CSCC(C1)N2CC[C@@H](c1ccccc1)N(C(=O)O)C(C)(C)C. The molecule has 2 aliphatic rings. The van der Waals surface area contributed by atoms with Crippen molar-refractivity contribution in [1.82, 2.24) is 19.4 Å². The lowest BCUT2D eigenvalue weighted by Crippen LogP contribution is -2.56. The molecule has 2 saturated heterocycles. The quantitative estimate of drug-likeness (QED) is 0.421. The van der Waals surface area contributed by atoms with Gasteiger partial charge in [-0.1, -0.05) is 42.5 Å². The van der Waals surface area contributed by atoms with Crippen LogP contribution < -0.4 is 0 Å². The van der Waals surface area contributed by atoms with Gasteiger partial charge in [-0.25, -0.2) is 9.78 Å². The van der Waals surface area contributed by atoms with Gasteiger partial charge in [-0.3, -0.25) is 9.80 Å². The molecular formula is C29H38N4O2S. The Morgan fingerprint density at radius 1 is 1.06 bits per heavy atom. The zero-order valence-electron chi connectivity index (χ0n) is 21.8. The first kappa shape index (κ1) is 25.2. The first-order valence-electron chi connectivity index (χ1n) is 13.1. The van der Waals surface area contributed by atoms with Crippen molar-refractivity contribution in [1.29, 1.82) is 0 Å². The molecule has 7 heteroatoms. The molecule has 3 heterocycles. The third-order valence-corrected chi connectivity index (χ3v) is 9.11. The summed E-state index contributed by atoms with van der Waals surface area (Å²) in [5, 5.41) is 10.2. The summed E-state index contributed by atoms with van der Waals surface area (Å²) in [6.45, 7) is 9.02. The zero-order valence-corrected chi connectivity index (χ0v) is 22.6. The van der Waals surface area contributed by atoms with Crippen molar-refractivity contribution in [3.63, 3.8) is 0 Å². The number of hydrogen-bond donors (Lipinski definition) is 1. The Hall–Kier alpha value is -2.51. The normalized spacial score (nSPS) is 23.5. The van der Waals surface area contributed by atoms with Crippen LogP contribution in [0.4, 0.5) is 4.79 Å². The van der Waals surface area contributed by atoms with Gasteiger partial charge in [-0.2, -0.15) is 11.8 Å². The second-order valence-corrected chi connectivity index (χ2v) is 12.3. The summed E-state index contributed by atoms with van der Waals surface area (Å²) >= 11 is 2.07. The van der Waals surface area contributed by atoms with Crippen molar-refractivity contribution in [2.45, 2.75) is 76.7 Å². The minimum Gasteiger partial charge on any atom is -0.465 e. The van der Waals surface area contributed by atoms with Crippen molar-refractivity contribution in [2.75, 3.05) is 18.1 Å². The minimum absolute atomic E-state index is 0.172. The number of rotatable bonds is 6. The van der Waals surface area contributed by atoms with E-state index >= 15 is 0 Å². The summed E-state index contributed by atoms with van der Waals surface area (Å²) in [5.74, 6) is 3.37. The zero-order chi connectivity index (χ0) is 25.4. The van der Waals surface area contributed by atoms with E-state index < -0.39 is 11.6 Å². The van der Waals surface area contributed by atoms with Gasteiger partial charge >= 0.3 is 6.09 Å². The molecule has 2 fully saturated rings. The lowest BCUT2D eigenvalue weighted by Gasteiger charge is -2.50. The summed E-state index contributed by atoms with van der Waals surface area (Å²) in [4.78, 5) is 21.6. The number of benzene rings is 2. The van der Waals surface area contributed by atoms with Gasteiger partial charge in [0.2, 0.25) is 0 Å². The van der Waals surface area contributed by atoms with E-state index in [2.05, 4.69) is 64.6 Å². The number of aryl methyl sites for hydroxylation is 1. The van der Waals surface area contributed by atoms with Gasteiger partial charge in [0, 0.05) is 41.7 Å². The van der Waals surface area contributed by atoms with Crippen LogP contribution >= 0.6 is 11.8 Å². The van der Waals surface area contributed by atoms with Crippen molar-refractivity contribution >= 4 is 28.9 Å². The number of aromatic nitrogens is 2. The van der Waals surface area contributed by atoms with E-state index in [0.717, 1.165) is 54.2 Å². The second-order valence-electron chi connectivity index (χ2n) is 11.3. The van der Waals surface area contributed by atoms with Crippen LogP contribution in [-0.2, 0) is 0 Å². The molecule has 3 aromatic rings. The molecule has 3 atom stereocenters. The van der Waals surface area contributed by atoms with Crippen molar-refractivity contribution in [3.8, 4) is 0 Å². The fourth-order valence-electron chi connectivity index (χ4n) is 6.44. The van der Waals surface area contributed by atoms with Gasteiger partial charge < -0.3 is 9.67 Å². The molecule has 5 rings (SSSR count). The van der Waals surface area contributed by atoms with Crippen molar-refractivity contribution < 1.29 is 9.90 Å². The average molecular weight is 507 g/mol. The van der Waals surface area contributed by atoms with Gasteiger partial charge in [0.1, 0.15) is 5.82 Å². The van der Waals surface area contributed by atoms with Crippen molar-refractivity contribution in [2.24, 2.45) is 0 Å². The Morgan fingerprint density at radius 2 is 1.69 bits per heavy atom. The molecule has 1 aromatic heterocycles. The number of carbonyl (C=O) groups is 1. The predicted octanol–water partition coefficient (Wildman–Crippen LogP) is 6.38. The highest BCUT2D eigenvalue weighted by atomic mass is 32.2. The molecule has 192 valence electrons. The standard InChI is InChI=1S/C29H38N4O2S/c1-20-30-25-12-8-9-13-27(25)32(20)22-16-23-18-36-19-24(17-22)31(23)15-14-26(21-10-6-5-7-11-21)33(28(34)35)29(2,3)4/h5-13,22-24,26H,14-19H2,1-4H3,(H,34,35)/t22?,23?,24?,26-/m0/s1. The number of nitrogens with zero attached hydrogens (tertiary/aromatic N) is 4. The van der Waals surface area contributed by atoms with Crippen LogP contribution in [0.25, 0.3) is 11.0 Å². The number of piperidine rings is 1. The first-order chi connectivity index (χ1) is 17.2. The van der Waals surface area contributed by atoms with Crippen LogP contribution in [0, 0.1) is 6.92 Å². The fraction of sp³-hybridized carbons (Fsp3) is 0.517. The van der Waals surface area contributed by atoms with E-state index in [-0.39, 0.29) is 6.04 Å². The molecule has 2 bridgehead atoms. The maximum atomic E-state index is 12.4. The molecule has 0 aliphatic carbocycles. The fourth-order valence-corrected chi connectivity index (χ4v) is 7.78. The molecule has 2 unspecified atom stereocenters. The number of hydrogen-bond acceptors (Lipinski definition) is 4. The van der Waals surface area contributed by atoms with E-state index in [0.29, 0.717) is 18.1 Å². The summed E-state index contributed by atoms with van der Waals surface area (Å²) < 4.78 is 2.47. The summed E-state index contributed by atoms with van der Waals surface area (Å²) in [6, 6.07) is 19.9. The number of para-hydroxylation sites is 2. The molecule has 36 heavy (non-hydrogen) atoms. The van der Waals surface area contributed by atoms with E-state index in [4.69, 9.17) is 4.98 Å². The molecule has 6 nitrogen and oxygen atoms in total. The molecule has 1 N–H and O–H groups in total. The van der Waals surface area contributed by atoms with E-state index in [9.17, 15) is 9.90 Å². The Morgan fingerprint density at radius 3 is 2.33 bits per heavy atom. The maximum Gasteiger partial charge on any atom is 0.408 e. The molecule has 1 amide bonds. The lowest BCUT2D eigenvalue weighted by atomic mass is 9.90. The first-order valence-corrected chi connectivity index (χ1v) is 14.2. The van der Waals surface area contributed by atoms with Crippen LogP contribution in [-0.4, -0.2) is 66.2 Å². The lowest BCUT2D eigenvalue weighted by molar-refractivity contribution is 0.0404. The summed E-state index contributed by atoms with van der Waals surface area (Å²) in [7, 11) is 0. The Bertz CT molecular complexity index is 1190. The predicted molar refractivity (Wildman–Crippen MR) is 148 cm³/mol. The third kappa shape index (κ3) is 4.88. The van der Waals surface area contributed by atoms with Gasteiger partial charge in [0.05, 0.1) is 17.1 Å². The molecule has 0 saturated carbocycles. The summed E-state index contributed by atoms with van der Waals surface area (Å²) in [5.41, 5.74) is 2.92. The molecule has 0 spiro atoms. The Balaban J connectivity index is 1.37. The monoisotopic (exact) mass is 506 g/mol. The second kappa shape index (κ2) is 10.1. The minimum atomic E-state index is -0.853. The molecule has 2 aromatic carbocycles. The number of amides is 1. The highest BCUT2D eigenvalue weighted by molar-refractivity contribution is 7.99. The van der Waals surface area contributed by atoms with Gasteiger partial charge in [0.25, 0.3) is 0 Å². The highest BCUT2D eigenvalue weighted by Crippen LogP contribution is 2.41. The number of thioether (sulfide) groups is 1. The molecular weight excluding hydrogens is 468 g/mol. The largest absolute Gasteiger partial charge is 0.465 e. The van der Waals surface area contributed by atoms with E-state index in [1.165, 1.54) is 5.52 Å². The van der Waals surface area contributed by atoms with Crippen LogP contribution in [0.15, 0.2) is 54.6 Å². The molecule has 0 radical (unpaired) electrons. The topological polar surface area (TPSA) is 61.6 Å². The van der Waals surface area contributed by atoms with E-state index in [1.807, 2.05) is 39.0 Å². The van der Waals surface area contributed by atoms with Gasteiger partial charge in [-0.15, -0.1) is 0 Å². The highest BCUT2D eigenvalue weighted by Gasteiger charge is 2.41. The number of fused-ring (bicyclic) bond motifs is 3. The molecule has 2 aliphatic heterocycles. The van der Waals surface area contributed by atoms with Crippen LogP contribution in [0.2, 0.25) is 0 Å². The smallest absolute Gasteiger partial charge is 0.408 e. The van der Waals surface area contributed by atoms with Crippen LogP contribution in [0.5, 0.6) is 0 Å². The van der Waals surface area contributed by atoms with Crippen LogP contribution in [0.3, 0.4) is 0 Å². The average Bonchev–Trinajstić information content (AvgIpc) is 3.16. The third-order valence-electron chi connectivity index (χ3n) is 7.87. The van der Waals surface area contributed by atoms with Crippen molar-refractivity contribution in [3.05, 3.63) is 66.0 Å². The Labute approximate surface area is 218 Å². The Kier molecular flexibility index (Phi) is 7.05.